The van der Waals surface area contributed by atoms with Gasteiger partial charge in [0.25, 0.3) is 5.91 Å². The van der Waals surface area contributed by atoms with E-state index in [0.717, 1.165) is 31.6 Å². The third-order valence-corrected chi connectivity index (χ3v) is 4.36. The molecule has 23 heavy (non-hydrogen) atoms. The first-order valence-corrected chi connectivity index (χ1v) is 8.20. The Kier molecular flexibility index (Phi) is 5.55. The van der Waals surface area contributed by atoms with Gasteiger partial charge in [-0.05, 0) is 44.1 Å². The molecule has 0 aliphatic carbocycles. The predicted octanol–water partition coefficient (Wildman–Crippen LogP) is 2.00. The van der Waals surface area contributed by atoms with Gasteiger partial charge in [-0.15, -0.1) is 0 Å². The first-order valence-electron chi connectivity index (χ1n) is 8.20. The second-order valence-electron chi connectivity index (χ2n) is 5.65. The Morgan fingerprint density at radius 3 is 2.48 bits per heavy atom. The van der Waals surface area contributed by atoms with Crippen molar-refractivity contribution in [3.63, 3.8) is 0 Å². The molecule has 1 amide bonds. The van der Waals surface area contributed by atoms with E-state index in [-0.39, 0.29) is 11.0 Å². The lowest BCUT2D eigenvalue weighted by Gasteiger charge is -2.18. The maximum absolute atomic E-state index is 12.4. The molecule has 1 heterocycles. The van der Waals surface area contributed by atoms with E-state index in [9.17, 15) is 9.59 Å². The average Bonchev–Trinajstić information content (AvgIpc) is 2.55. The number of hydrogen-bond donors (Lipinski definition) is 1. The minimum absolute atomic E-state index is 0.0511. The molecule has 0 atom stereocenters. The zero-order valence-electron chi connectivity index (χ0n) is 14.1. The summed E-state index contributed by atoms with van der Waals surface area (Å²) in [6, 6.07) is 5.83. The van der Waals surface area contributed by atoms with Crippen LogP contribution in [-0.4, -0.2) is 35.0 Å². The summed E-state index contributed by atoms with van der Waals surface area (Å²) in [5, 5.41) is 0.551. The predicted molar refractivity (Wildman–Crippen MR) is 93.9 cm³/mol. The Balaban J connectivity index is 2.45. The Bertz CT molecular complexity index is 761. The number of aromatic nitrogens is 1. The first kappa shape index (κ1) is 17.2. The van der Waals surface area contributed by atoms with Crippen LogP contribution in [0, 0.1) is 0 Å². The lowest BCUT2D eigenvalue weighted by Crippen LogP contribution is -2.25. The molecule has 124 valence electrons. The highest BCUT2D eigenvalue weighted by molar-refractivity contribution is 5.96. The minimum Gasteiger partial charge on any atom is -0.365 e. The third-order valence-electron chi connectivity index (χ3n) is 4.36. The van der Waals surface area contributed by atoms with Crippen LogP contribution < -0.4 is 11.2 Å². The van der Waals surface area contributed by atoms with Crippen LogP contribution in [0.4, 0.5) is 0 Å². The van der Waals surface area contributed by atoms with E-state index in [0.29, 0.717) is 11.9 Å². The van der Waals surface area contributed by atoms with Crippen molar-refractivity contribution in [1.29, 1.82) is 0 Å². The maximum Gasteiger partial charge on any atom is 0.254 e. The van der Waals surface area contributed by atoms with Crippen LogP contribution in [0.5, 0.6) is 0 Å². The number of rotatable bonds is 7. The lowest BCUT2D eigenvalue weighted by atomic mass is 10.1. The number of nitrogens with zero attached hydrogens (tertiary/aromatic N) is 2. The fourth-order valence-corrected chi connectivity index (χ4v) is 2.86. The topological polar surface area (TPSA) is 68.3 Å². The number of carbonyl (C=O) groups is 1. The Hall–Kier alpha value is -2.14. The SMILES string of the molecule is CCN(CC)CCc1ccc2c(=O)c(C(N)=O)cn(CC)c2c1. The molecular formula is C18H25N3O2. The number of benzene rings is 1. The van der Waals surface area contributed by atoms with Gasteiger partial charge in [0.15, 0.2) is 0 Å². The monoisotopic (exact) mass is 315 g/mol. The Morgan fingerprint density at radius 1 is 1.22 bits per heavy atom. The van der Waals surface area contributed by atoms with Crippen LogP contribution >= 0.6 is 0 Å². The van der Waals surface area contributed by atoms with Crippen molar-refractivity contribution in [3.05, 3.63) is 45.7 Å². The molecule has 0 bridgehead atoms. The van der Waals surface area contributed by atoms with E-state index < -0.39 is 5.91 Å². The molecule has 0 spiro atoms. The maximum atomic E-state index is 12.4. The van der Waals surface area contributed by atoms with Crippen LogP contribution in [0.2, 0.25) is 0 Å². The fraction of sp³-hybridized carbons (Fsp3) is 0.444. The summed E-state index contributed by atoms with van der Waals surface area (Å²) in [6.45, 7) is 10.0. The van der Waals surface area contributed by atoms with Crippen molar-refractivity contribution in [2.75, 3.05) is 19.6 Å². The minimum atomic E-state index is -0.676. The van der Waals surface area contributed by atoms with Gasteiger partial charge in [-0.25, -0.2) is 0 Å². The van der Waals surface area contributed by atoms with Gasteiger partial charge in [-0.2, -0.15) is 0 Å². The number of hydrogen-bond acceptors (Lipinski definition) is 3. The summed E-state index contributed by atoms with van der Waals surface area (Å²) in [4.78, 5) is 26.2. The molecule has 0 aliphatic rings. The third kappa shape index (κ3) is 3.62. The largest absolute Gasteiger partial charge is 0.365 e. The molecule has 1 aromatic carbocycles. The number of pyridine rings is 1. The summed E-state index contributed by atoms with van der Waals surface area (Å²) >= 11 is 0. The van der Waals surface area contributed by atoms with Crippen LogP contribution in [0.1, 0.15) is 36.7 Å². The van der Waals surface area contributed by atoms with Crippen LogP contribution in [0.3, 0.4) is 0 Å². The number of primary amides is 1. The molecule has 0 fully saturated rings. The van der Waals surface area contributed by atoms with Gasteiger partial charge >= 0.3 is 0 Å². The molecule has 0 saturated heterocycles. The summed E-state index contributed by atoms with van der Waals surface area (Å²) in [6.07, 6.45) is 2.51. The molecule has 2 aromatic rings. The van der Waals surface area contributed by atoms with E-state index in [4.69, 9.17) is 5.73 Å². The number of fused-ring (bicyclic) bond motifs is 1. The molecule has 0 radical (unpaired) electrons. The number of amides is 1. The molecule has 2 rings (SSSR count). The highest BCUT2D eigenvalue weighted by Gasteiger charge is 2.13. The van der Waals surface area contributed by atoms with E-state index in [1.807, 2.05) is 23.6 Å². The van der Waals surface area contributed by atoms with Gasteiger partial charge in [-0.1, -0.05) is 19.9 Å². The van der Waals surface area contributed by atoms with Crippen molar-refractivity contribution in [2.24, 2.45) is 5.73 Å². The molecule has 2 N–H and O–H groups in total. The number of aryl methyl sites for hydroxylation is 1. The van der Waals surface area contributed by atoms with Crippen LogP contribution in [0.25, 0.3) is 10.9 Å². The van der Waals surface area contributed by atoms with Crippen molar-refractivity contribution in [3.8, 4) is 0 Å². The standard InChI is InChI=1S/C18H25N3O2/c1-4-20(5-2)10-9-13-7-8-14-16(11-13)21(6-3)12-15(17(14)22)18(19)23/h7-8,11-12H,4-6,9-10H2,1-3H3,(H2,19,23). The van der Waals surface area contributed by atoms with E-state index >= 15 is 0 Å². The van der Waals surface area contributed by atoms with Crippen LogP contribution in [0.15, 0.2) is 29.2 Å². The second kappa shape index (κ2) is 7.42. The molecule has 0 unspecified atom stereocenters. The normalized spacial score (nSPS) is 11.3. The number of nitrogens with two attached hydrogens (primary N) is 1. The average molecular weight is 315 g/mol. The summed E-state index contributed by atoms with van der Waals surface area (Å²) in [7, 11) is 0. The lowest BCUT2D eigenvalue weighted by molar-refractivity contribution is 0.0999. The van der Waals surface area contributed by atoms with Crippen molar-refractivity contribution >= 4 is 16.8 Å². The second-order valence-corrected chi connectivity index (χ2v) is 5.65. The van der Waals surface area contributed by atoms with Crippen molar-refractivity contribution in [2.45, 2.75) is 33.7 Å². The first-order chi connectivity index (χ1) is 11.0. The summed E-state index contributed by atoms with van der Waals surface area (Å²) < 4.78 is 1.91. The zero-order chi connectivity index (χ0) is 17.0. The summed E-state index contributed by atoms with van der Waals surface area (Å²) in [5.74, 6) is -0.676. The van der Waals surface area contributed by atoms with E-state index in [1.165, 1.54) is 5.56 Å². The van der Waals surface area contributed by atoms with Gasteiger partial charge in [0.05, 0.1) is 5.52 Å². The van der Waals surface area contributed by atoms with Gasteiger partial charge in [0.2, 0.25) is 5.43 Å². The number of likely N-dealkylation sites (N-methyl/N-ethyl adjacent to an activating group) is 1. The van der Waals surface area contributed by atoms with Gasteiger partial charge in [-0.3, -0.25) is 9.59 Å². The molecule has 1 aromatic heterocycles. The quantitative estimate of drug-likeness (QED) is 0.850. The zero-order valence-corrected chi connectivity index (χ0v) is 14.1. The fourth-order valence-electron chi connectivity index (χ4n) is 2.86. The molecule has 5 heteroatoms. The molecule has 0 saturated carbocycles. The van der Waals surface area contributed by atoms with Gasteiger partial charge in [0.1, 0.15) is 5.56 Å². The highest BCUT2D eigenvalue weighted by atomic mass is 16.2. The summed E-state index contributed by atoms with van der Waals surface area (Å²) in [5.41, 5.74) is 7.13. The van der Waals surface area contributed by atoms with E-state index in [1.54, 1.807) is 6.20 Å². The molecule has 5 nitrogen and oxygen atoms in total. The van der Waals surface area contributed by atoms with Gasteiger partial charge < -0.3 is 15.2 Å². The highest BCUT2D eigenvalue weighted by Crippen LogP contribution is 2.15. The molecular weight excluding hydrogens is 290 g/mol. The van der Waals surface area contributed by atoms with Gasteiger partial charge in [0, 0.05) is 24.7 Å². The van der Waals surface area contributed by atoms with Crippen LogP contribution in [-0.2, 0) is 13.0 Å². The van der Waals surface area contributed by atoms with Crippen molar-refractivity contribution in [1.82, 2.24) is 9.47 Å². The smallest absolute Gasteiger partial charge is 0.254 e. The van der Waals surface area contributed by atoms with E-state index in [2.05, 4.69) is 24.8 Å². The van der Waals surface area contributed by atoms with Crippen molar-refractivity contribution < 1.29 is 4.79 Å². The molecule has 0 aliphatic heterocycles. The number of carbonyl (C=O) groups excluding carboxylic acids is 1. The Labute approximate surface area is 136 Å². The Morgan fingerprint density at radius 2 is 1.91 bits per heavy atom.